The molecule has 1 amide bonds. The van der Waals surface area contributed by atoms with Crippen molar-refractivity contribution in [1.82, 2.24) is 34.8 Å². The number of imidazole rings is 1. The van der Waals surface area contributed by atoms with Crippen molar-refractivity contribution in [2.45, 2.75) is 74.7 Å². The predicted molar refractivity (Wildman–Crippen MR) is 156 cm³/mol. The monoisotopic (exact) mass is 640 g/mol. The number of nitrogens with one attached hydrogen (secondary N) is 3. The highest BCUT2D eigenvalue weighted by Gasteiger charge is 2.58. The van der Waals surface area contributed by atoms with Crippen LogP contribution in [-0.2, 0) is 17.5 Å². The van der Waals surface area contributed by atoms with Gasteiger partial charge in [0.1, 0.15) is 29.8 Å². The number of ether oxygens (including phenoxy) is 2. The molecule has 4 aliphatic carbocycles. The Morgan fingerprint density at radius 2 is 1.89 bits per heavy atom. The summed E-state index contributed by atoms with van der Waals surface area (Å²) in [5, 5.41) is 13.4. The topological polar surface area (TPSA) is 122 Å². The van der Waals surface area contributed by atoms with E-state index in [-0.39, 0.29) is 11.6 Å². The first kappa shape index (κ1) is 29.0. The number of hydrogen-bond donors (Lipinski definition) is 3. The van der Waals surface area contributed by atoms with Crippen molar-refractivity contribution in [3.8, 4) is 5.75 Å². The quantitative estimate of drug-likeness (QED) is 0.210. The number of rotatable bonds is 9. The van der Waals surface area contributed by atoms with E-state index in [0.29, 0.717) is 61.3 Å². The van der Waals surface area contributed by atoms with Crippen LogP contribution < -0.4 is 15.4 Å². The van der Waals surface area contributed by atoms with Crippen molar-refractivity contribution < 1.29 is 31.8 Å². The molecule has 4 saturated carbocycles. The van der Waals surface area contributed by atoms with Crippen molar-refractivity contribution >= 4 is 23.5 Å². The first-order chi connectivity index (χ1) is 22.1. The molecule has 11 nitrogen and oxygen atoms in total. The maximum Gasteiger partial charge on any atom is 0.416 e. The molecule has 15 heteroatoms. The summed E-state index contributed by atoms with van der Waals surface area (Å²) in [6.45, 7) is 1.79. The number of aromatic amines is 1. The molecule has 242 valence electrons. The van der Waals surface area contributed by atoms with Crippen molar-refractivity contribution in [2.24, 2.45) is 5.92 Å². The standard InChI is InChI=1S/C31H32F4N8O3/c32-27-22(5-6-24(27)46-29(44)39-30-10-17(11-30)12-30)23-9-25(41-40-23)38-28-36-8-7-26-37-19(14-43(26)28)13-42-15-21(16-42)45-20-3-1-18(2-4-20)31(33,34)35/h1-4,7-9,14,17,21-22,24,27H,5-6,10-13,15-16H2,(H,39,44)(H2,36,38,40,41)/t17?,22-,24-,27-,30?/m1/s1. The number of fused-ring (bicyclic) bond motifs is 1. The summed E-state index contributed by atoms with van der Waals surface area (Å²) < 4.78 is 66.8. The summed E-state index contributed by atoms with van der Waals surface area (Å²) in [5.74, 6) is 1.60. The number of halogens is 4. The van der Waals surface area contributed by atoms with Gasteiger partial charge in [-0.05, 0) is 68.4 Å². The fourth-order valence-electron chi connectivity index (χ4n) is 7.10. The molecule has 3 aromatic heterocycles. The molecule has 9 rings (SSSR count). The number of nitrogens with zero attached hydrogens (tertiary/aromatic N) is 5. The minimum absolute atomic E-state index is 0.115. The molecule has 0 radical (unpaired) electrons. The Labute approximate surface area is 260 Å². The Kier molecular flexibility index (Phi) is 6.85. The zero-order valence-electron chi connectivity index (χ0n) is 24.6. The highest BCUT2D eigenvalue weighted by atomic mass is 19.4. The molecular weight excluding hydrogens is 608 g/mol. The van der Waals surface area contributed by atoms with Gasteiger partial charge >= 0.3 is 12.3 Å². The summed E-state index contributed by atoms with van der Waals surface area (Å²) in [6, 6.07) is 8.24. The van der Waals surface area contributed by atoms with Crippen molar-refractivity contribution in [2.75, 3.05) is 18.4 Å². The minimum atomic E-state index is -4.38. The van der Waals surface area contributed by atoms with E-state index in [1.54, 1.807) is 18.3 Å². The number of likely N-dealkylation sites (tertiary alicyclic amines) is 1. The van der Waals surface area contributed by atoms with Crippen LogP contribution in [0.3, 0.4) is 0 Å². The molecule has 1 aromatic carbocycles. The number of alkyl halides is 4. The van der Waals surface area contributed by atoms with Gasteiger partial charge in [-0.2, -0.15) is 18.3 Å². The zero-order valence-corrected chi connectivity index (χ0v) is 24.6. The molecule has 5 aliphatic rings. The number of carbonyl (C=O) groups excluding carboxylic acids is 1. The normalized spacial score (nSPS) is 27.5. The Hall–Kier alpha value is -4.40. The van der Waals surface area contributed by atoms with Gasteiger partial charge in [-0.15, -0.1) is 0 Å². The fraction of sp³-hybridized carbons (Fsp3) is 0.484. The lowest BCUT2D eigenvalue weighted by atomic mass is 9.50. The van der Waals surface area contributed by atoms with E-state index in [9.17, 15) is 18.0 Å². The van der Waals surface area contributed by atoms with E-state index in [0.717, 1.165) is 43.0 Å². The average molecular weight is 641 g/mol. The van der Waals surface area contributed by atoms with Crippen LogP contribution in [0.2, 0.25) is 0 Å². The van der Waals surface area contributed by atoms with Crippen LogP contribution in [0, 0.1) is 5.92 Å². The average Bonchev–Trinajstić information content (AvgIpc) is 3.68. The van der Waals surface area contributed by atoms with Crippen LogP contribution in [0.1, 0.15) is 55.0 Å². The highest BCUT2D eigenvalue weighted by Crippen LogP contribution is 2.57. The number of aromatic nitrogens is 5. The Balaban J connectivity index is 0.850. The highest BCUT2D eigenvalue weighted by molar-refractivity contribution is 5.69. The maximum absolute atomic E-state index is 15.4. The van der Waals surface area contributed by atoms with Crippen LogP contribution in [0.25, 0.3) is 5.65 Å². The van der Waals surface area contributed by atoms with Crippen LogP contribution in [0.5, 0.6) is 5.75 Å². The largest absolute Gasteiger partial charge is 0.488 e. The number of carbonyl (C=O) groups is 1. The minimum Gasteiger partial charge on any atom is -0.488 e. The number of amides is 1. The van der Waals surface area contributed by atoms with E-state index in [1.165, 1.54) is 12.1 Å². The van der Waals surface area contributed by atoms with Crippen molar-refractivity contribution in [3.63, 3.8) is 0 Å². The molecule has 1 saturated heterocycles. The Morgan fingerprint density at radius 3 is 2.61 bits per heavy atom. The van der Waals surface area contributed by atoms with Gasteiger partial charge in [-0.1, -0.05) is 0 Å². The molecule has 2 bridgehead atoms. The van der Waals surface area contributed by atoms with E-state index in [1.807, 2.05) is 10.6 Å². The second kappa shape index (κ2) is 10.9. The summed E-state index contributed by atoms with van der Waals surface area (Å²) in [5.41, 5.74) is 1.28. The molecule has 0 unspecified atom stereocenters. The number of hydrogen-bond acceptors (Lipinski definition) is 8. The zero-order chi connectivity index (χ0) is 31.6. The van der Waals surface area contributed by atoms with Gasteiger partial charge in [0.25, 0.3) is 0 Å². The number of benzene rings is 1. The molecule has 5 fully saturated rings. The number of H-pyrrole nitrogens is 1. The molecule has 3 atom stereocenters. The molecule has 1 aliphatic heterocycles. The molecule has 3 N–H and O–H groups in total. The van der Waals surface area contributed by atoms with E-state index < -0.39 is 36.0 Å². The summed E-state index contributed by atoms with van der Waals surface area (Å²) in [6.07, 6.45) is 0.279. The van der Waals surface area contributed by atoms with E-state index in [2.05, 4.69) is 30.7 Å². The molecular formula is C31H32F4N8O3. The first-order valence-electron chi connectivity index (χ1n) is 15.4. The van der Waals surface area contributed by atoms with E-state index in [4.69, 9.17) is 14.5 Å². The van der Waals surface area contributed by atoms with Crippen LogP contribution >= 0.6 is 0 Å². The second-order valence-electron chi connectivity index (χ2n) is 13.0. The van der Waals surface area contributed by atoms with Gasteiger partial charge in [0.05, 0.1) is 11.3 Å². The molecule has 0 spiro atoms. The van der Waals surface area contributed by atoms with Gasteiger partial charge in [-0.3, -0.25) is 14.4 Å². The van der Waals surface area contributed by atoms with Crippen molar-refractivity contribution in [1.29, 1.82) is 0 Å². The van der Waals surface area contributed by atoms with E-state index >= 15 is 4.39 Å². The maximum atomic E-state index is 15.4. The fourth-order valence-corrected chi connectivity index (χ4v) is 7.10. The Bertz CT molecular complexity index is 1740. The SMILES string of the molecule is O=C(NC12CC(C1)C2)O[C@@H]1CC[C@H](c2cc(Nc3nccc4nc(CN5CC(Oc6ccc(C(F)(F)F)cc6)C5)cn34)n[nH]2)[C@H]1F. The van der Waals surface area contributed by atoms with Gasteiger partial charge in [0.15, 0.2) is 5.82 Å². The van der Waals surface area contributed by atoms with Crippen LogP contribution in [-0.4, -0.2) is 72.6 Å². The lowest BCUT2D eigenvalue weighted by molar-refractivity contribution is -0.137. The lowest BCUT2D eigenvalue weighted by Crippen LogP contribution is -2.68. The summed E-state index contributed by atoms with van der Waals surface area (Å²) >= 11 is 0. The molecule has 4 heterocycles. The van der Waals surface area contributed by atoms with Gasteiger partial charge in [0.2, 0.25) is 5.95 Å². The first-order valence-corrected chi connectivity index (χ1v) is 15.4. The summed E-state index contributed by atoms with van der Waals surface area (Å²) in [7, 11) is 0. The van der Waals surface area contributed by atoms with Crippen molar-refractivity contribution in [3.05, 3.63) is 65.7 Å². The molecule has 4 aromatic rings. The lowest BCUT2D eigenvalue weighted by Gasteiger charge is -2.61. The second-order valence-corrected chi connectivity index (χ2v) is 13.0. The predicted octanol–water partition coefficient (Wildman–Crippen LogP) is 5.34. The summed E-state index contributed by atoms with van der Waals surface area (Å²) in [4.78, 5) is 23.6. The molecule has 46 heavy (non-hydrogen) atoms. The van der Waals surface area contributed by atoms with Crippen LogP contribution in [0.15, 0.2) is 48.8 Å². The number of anilines is 2. The van der Waals surface area contributed by atoms with Gasteiger partial charge in [0, 0.05) is 55.2 Å². The smallest absolute Gasteiger partial charge is 0.416 e. The Morgan fingerprint density at radius 1 is 1.11 bits per heavy atom. The number of alkyl carbamates (subject to hydrolysis) is 1. The third-order valence-electron chi connectivity index (χ3n) is 9.63. The third-order valence-corrected chi connectivity index (χ3v) is 9.63. The third kappa shape index (κ3) is 5.50. The van der Waals surface area contributed by atoms with Gasteiger partial charge < -0.3 is 20.1 Å². The van der Waals surface area contributed by atoms with Crippen LogP contribution in [0.4, 0.5) is 34.1 Å². The van der Waals surface area contributed by atoms with Gasteiger partial charge in [-0.25, -0.2) is 19.2 Å².